The van der Waals surface area contributed by atoms with E-state index in [-0.39, 0.29) is 6.79 Å². The molecule has 110 valence electrons. The van der Waals surface area contributed by atoms with Gasteiger partial charge in [-0.1, -0.05) is 17.3 Å². The van der Waals surface area contributed by atoms with Crippen LogP contribution in [0.15, 0.2) is 53.2 Å². The summed E-state index contributed by atoms with van der Waals surface area (Å²) in [6.07, 6.45) is 1.71. The smallest absolute Gasteiger partial charge is 0.231 e. The van der Waals surface area contributed by atoms with Crippen LogP contribution in [0.4, 0.5) is 0 Å². The maximum Gasteiger partial charge on any atom is 0.231 e. The van der Waals surface area contributed by atoms with Gasteiger partial charge in [0.25, 0.3) is 0 Å². The second kappa shape index (κ2) is 5.11. The number of benzene rings is 2. The second-order valence-corrected chi connectivity index (χ2v) is 4.87. The lowest BCUT2D eigenvalue weighted by Gasteiger charge is -2.04. The van der Waals surface area contributed by atoms with Crippen LogP contribution in [-0.4, -0.2) is 19.1 Å². The van der Waals surface area contributed by atoms with E-state index in [2.05, 4.69) is 5.16 Å². The molecule has 0 amide bonds. The molecule has 5 nitrogen and oxygen atoms in total. The highest BCUT2D eigenvalue weighted by atomic mass is 16.7. The topological polar surface area (TPSA) is 53.7 Å². The number of aromatic nitrogens is 1. The van der Waals surface area contributed by atoms with Crippen LogP contribution in [0.2, 0.25) is 0 Å². The Morgan fingerprint density at radius 3 is 2.55 bits per heavy atom. The maximum absolute atomic E-state index is 5.44. The van der Waals surface area contributed by atoms with Gasteiger partial charge in [-0.25, -0.2) is 0 Å². The Labute approximate surface area is 127 Å². The Morgan fingerprint density at radius 1 is 0.955 bits per heavy atom. The van der Waals surface area contributed by atoms with Gasteiger partial charge in [-0.3, -0.25) is 0 Å². The molecule has 1 aromatic heterocycles. The average molecular weight is 295 g/mol. The molecule has 1 aliphatic rings. The van der Waals surface area contributed by atoms with Crippen molar-refractivity contribution in [3.05, 3.63) is 48.7 Å². The van der Waals surface area contributed by atoms with Crippen molar-refractivity contribution in [1.82, 2.24) is 5.16 Å². The molecule has 0 aliphatic carbocycles. The molecule has 3 aromatic rings. The van der Waals surface area contributed by atoms with E-state index >= 15 is 0 Å². The zero-order valence-corrected chi connectivity index (χ0v) is 11.9. The number of fused-ring (bicyclic) bond motifs is 1. The molecule has 0 N–H and O–H groups in total. The van der Waals surface area contributed by atoms with Gasteiger partial charge in [0.1, 0.15) is 5.75 Å². The van der Waals surface area contributed by atoms with Gasteiger partial charge in [0.2, 0.25) is 6.79 Å². The van der Waals surface area contributed by atoms with Crippen molar-refractivity contribution in [2.24, 2.45) is 0 Å². The number of nitrogens with zero attached hydrogens (tertiary/aromatic N) is 1. The van der Waals surface area contributed by atoms with Gasteiger partial charge in [0.15, 0.2) is 17.3 Å². The van der Waals surface area contributed by atoms with E-state index in [1.165, 1.54) is 0 Å². The monoisotopic (exact) mass is 295 g/mol. The molecular formula is C17H13NO4. The molecular weight excluding hydrogens is 282 g/mol. The molecule has 1 aliphatic heterocycles. The van der Waals surface area contributed by atoms with Crippen molar-refractivity contribution in [2.75, 3.05) is 13.9 Å². The van der Waals surface area contributed by atoms with Crippen LogP contribution in [0.25, 0.3) is 22.5 Å². The molecule has 0 saturated heterocycles. The van der Waals surface area contributed by atoms with Crippen LogP contribution >= 0.6 is 0 Å². The summed E-state index contributed by atoms with van der Waals surface area (Å²) in [4.78, 5) is 0. The Balaban J connectivity index is 1.76. The van der Waals surface area contributed by atoms with Crippen LogP contribution in [0.1, 0.15) is 0 Å². The highest BCUT2D eigenvalue weighted by molar-refractivity contribution is 5.80. The summed E-state index contributed by atoms with van der Waals surface area (Å²) in [5, 5.41) is 3.93. The summed E-state index contributed by atoms with van der Waals surface area (Å²) in [5.74, 6) is 2.97. The third-order valence-corrected chi connectivity index (χ3v) is 3.61. The summed E-state index contributed by atoms with van der Waals surface area (Å²) in [7, 11) is 1.65. The van der Waals surface area contributed by atoms with E-state index in [0.717, 1.165) is 33.9 Å². The van der Waals surface area contributed by atoms with Crippen molar-refractivity contribution >= 4 is 0 Å². The first-order valence-electron chi connectivity index (χ1n) is 6.84. The molecule has 0 saturated carbocycles. The van der Waals surface area contributed by atoms with E-state index in [0.29, 0.717) is 5.76 Å². The van der Waals surface area contributed by atoms with Gasteiger partial charge >= 0.3 is 0 Å². The molecule has 2 heterocycles. The third kappa shape index (κ3) is 2.07. The average Bonchev–Trinajstić information content (AvgIpc) is 3.23. The maximum atomic E-state index is 5.44. The minimum Gasteiger partial charge on any atom is -0.497 e. The molecule has 0 spiro atoms. The minimum atomic E-state index is 0.251. The van der Waals surface area contributed by atoms with E-state index in [4.69, 9.17) is 18.7 Å². The fourth-order valence-corrected chi connectivity index (χ4v) is 2.46. The summed E-state index contributed by atoms with van der Waals surface area (Å²) in [5.41, 5.74) is 2.82. The van der Waals surface area contributed by atoms with Crippen molar-refractivity contribution in [3.8, 4) is 39.7 Å². The molecule has 0 unspecified atom stereocenters. The van der Waals surface area contributed by atoms with Crippen LogP contribution in [0.5, 0.6) is 17.2 Å². The van der Waals surface area contributed by atoms with E-state index < -0.39 is 0 Å². The Bertz CT molecular complexity index is 808. The summed E-state index contributed by atoms with van der Waals surface area (Å²) >= 11 is 0. The Morgan fingerprint density at radius 2 is 1.73 bits per heavy atom. The number of hydrogen-bond donors (Lipinski definition) is 0. The standard InChI is InChI=1S/C17H13NO4/c1-19-13-5-2-11(3-6-13)14-9-18-22-17(14)12-4-7-15-16(8-12)21-10-20-15/h2-9H,10H2,1H3. The first kappa shape index (κ1) is 12.8. The zero-order valence-electron chi connectivity index (χ0n) is 11.9. The van der Waals surface area contributed by atoms with Gasteiger partial charge in [0, 0.05) is 11.1 Å². The van der Waals surface area contributed by atoms with Crippen LogP contribution in [0.3, 0.4) is 0 Å². The molecule has 0 atom stereocenters. The molecule has 0 bridgehead atoms. The van der Waals surface area contributed by atoms with Gasteiger partial charge in [-0.2, -0.15) is 0 Å². The van der Waals surface area contributed by atoms with Gasteiger partial charge in [-0.05, 0) is 35.9 Å². The lowest BCUT2D eigenvalue weighted by Crippen LogP contribution is -1.92. The summed E-state index contributed by atoms with van der Waals surface area (Å²) in [6, 6.07) is 13.5. The predicted octanol–water partition coefficient (Wildman–Crippen LogP) is 3.75. The largest absolute Gasteiger partial charge is 0.497 e. The molecule has 0 fully saturated rings. The lowest BCUT2D eigenvalue weighted by atomic mass is 10.0. The van der Waals surface area contributed by atoms with Crippen molar-refractivity contribution < 1.29 is 18.7 Å². The van der Waals surface area contributed by atoms with Crippen LogP contribution in [0, 0.1) is 0 Å². The minimum absolute atomic E-state index is 0.251. The molecule has 4 rings (SSSR count). The third-order valence-electron chi connectivity index (χ3n) is 3.61. The second-order valence-electron chi connectivity index (χ2n) is 4.87. The van der Waals surface area contributed by atoms with E-state index in [9.17, 15) is 0 Å². The molecule has 5 heteroatoms. The Hall–Kier alpha value is -2.95. The zero-order chi connectivity index (χ0) is 14.9. The highest BCUT2D eigenvalue weighted by Crippen LogP contribution is 2.39. The first-order chi connectivity index (χ1) is 10.8. The van der Waals surface area contributed by atoms with Crippen molar-refractivity contribution in [1.29, 1.82) is 0 Å². The van der Waals surface area contributed by atoms with Gasteiger partial charge < -0.3 is 18.7 Å². The SMILES string of the molecule is COc1ccc(-c2cnoc2-c2ccc3c(c2)OCO3)cc1. The quantitative estimate of drug-likeness (QED) is 0.736. The van der Waals surface area contributed by atoms with Gasteiger partial charge in [0.05, 0.1) is 13.3 Å². The first-order valence-corrected chi connectivity index (χ1v) is 6.84. The fourth-order valence-electron chi connectivity index (χ4n) is 2.46. The number of rotatable bonds is 3. The molecule has 22 heavy (non-hydrogen) atoms. The van der Waals surface area contributed by atoms with E-state index in [1.54, 1.807) is 13.3 Å². The van der Waals surface area contributed by atoms with E-state index in [1.807, 2.05) is 42.5 Å². The lowest BCUT2D eigenvalue weighted by molar-refractivity contribution is 0.174. The summed E-state index contributed by atoms with van der Waals surface area (Å²) in [6.45, 7) is 0.251. The normalized spacial score (nSPS) is 12.4. The van der Waals surface area contributed by atoms with Crippen LogP contribution < -0.4 is 14.2 Å². The predicted molar refractivity (Wildman–Crippen MR) is 80.1 cm³/mol. The van der Waals surface area contributed by atoms with Crippen LogP contribution in [-0.2, 0) is 0 Å². The molecule has 2 aromatic carbocycles. The highest BCUT2D eigenvalue weighted by Gasteiger charge is 2.18. The van der Waals surface area contributed by atoms with Crippen molar-refractivity contribution in [2.45, 2.75) is 0 Å². The molecule has 0 radical (unpaired) electrons. The van der Waals surface area contributed by atoms with Crippen molar-refractivity contribution in [3.63, 3.8) is 0 Å². The number of hydrogen-bond acceptors (Lipinski definition) is 5. The Kier molecular flexibility index (Phi) is 2.96. The fraction of sp³-hybridized carbons (Fsp3) is 0.118. The number of ether oxygens (including phenoxy) is 3. The van der Waals surface area contributed by atoms with Gasteiger partial charge in [-0.15, -0.1) is 0 Å². The number of methoxy groups -OCH3 is 1. The summed E-state index contributed by atoms with van der Waals surface area (Å²) < 4.78 is 21.4.